The lowest BCUT2D eigenvalue weighted by Crippen LogP contribution is -2.62. The number of nitrogens with zero attached hydrogens (tertiary/aromatic N) is 1. The van der Waals surface area contributed by atoms with E-state index in [2.05, 4.69) is 30.7 Å². The molecule has 38 heavy (non-hydrogen) atoms. The Labute approximate surface area is 230 Å². The lowest BCUT2D eigenvalue weighted by molar-refractivity contribution is -0.207. The van der Waals surface area contributed by atoms with Crippen LogP contribution in [0.3, 0.4) is 0 Å². The molecule has 4 saturated carbocycles. The molecule has 208 valence electrons. The van der Waals surface area contributed by atoms with Crippen LogP contribution in [0, 0.1) is 46.3 Å². The fourth-order valence-corrected chi connectivity index (χ4v) is 10.3. The standard InChI is InChI=1S/C31H43ClN2O4/c1-16(7-10-26-33-23-6-4-5-22(32)28(23)29(38)34-26)19-8-9-20-27-21(15-25(37)31(19,20)3)30(2)12-11-18(35)13-17(30)14-24(27)36/h4-6,16-21,24-25,27,35-37H,7-15H2,1-3H3,(H,33,34,38)/t16-,17+,18-,19-,20+,21?,24-,25+,27+,30+,31-/m1/s1. The quantitative estimate of drug-likeness (QED) is 0.430. The van der Waals surface area contributed by atoms with Gasteiger partial charge in [-0.3, -0.25) is 4.79 Å². The van der Waals surface area contributed by atoms with Gasteiger partial charge in [-0.1, -0.05) is 38.4 Å². The Kier molecular flexibility index (Phi) is 6.73. The van der Waals surface area contributed by atoms with Crippen molar-refractivity contribution < 1.29 is 15.3 Å². The SMILES string of the molecule is C[C@H](CCc1nc2cccc(Cl)c2c(=O)[nH]1)[C@H]1CC[C@H]2[C@H]3C(C[C@H](O)[C@]12C)[C@@]1(C)CC[C@@H](O)C[C@H]1C[C@H]3O. The number of hydrogen-bond donors (Lipinski definition) is 4. The topological polar surface area (TPSA) is 106 Å². The maximum Gasteiger partial charge on any atom is 0.260 e. The van der Waals surface area contributed by atoms with E-state index in [-0.39, 0.29) is 40.6 Å². The molecule has 4 aliphatic rings. The fraction of sp³-hybridized carbons (Fsp3) is 0.742. The normalized spacial score (nSPS) is 43.3. The van der Waals surface area contributed by atoms with E-state index < -0.39 is 0 Å². The number of aromatic nitrogens is 2. The number of rotatable bonds is 4. The van der Waals surface area contributed by atoms with Gasteiger partial charge in [-0.15, -0.1) is 0 Å². The molecule has 11 atom stereocenters. The summed E-state index contributed by atoms with van der Waals surface area (Å²) < 4.78 is 0. The molecule has 0 spiro atoms. The first kappa shape index (κ1) is 26.7. The molecule has 6 rings (SSSR count). The molecule has 4 N–H and O–H groups in total. The summed E-state index contributed by atoms with van der Waals surface area (Å²) in [7, 11) is 0. The zero-order chi connectivity index (χ0) is 27.0. The first-order valence-corrected chi connectivity index (χ1v) is 15.1. The third kappa shape index (κ3) is 4.00. The van der Waals surface area contributed by atoms with Crippen molar-refractivity contribution in [2.24, 2.45) is 46.3 Å². The van der Waals surface area contributed by atoms with Crippen molar-refractivity contribution in [3.63, 3.8) is 0 Å². The van der Waals surface area contributed by atoms with E-state index in [1.54, 1.807) is 6.07 Å². The van der Waals surface area contributed by atoms with Gasteiger partial charge >= 0.3 is 0 Å². The first-order valence-electron chi connectivity index (χ1n) is 14.8. The number of benzene rings is 1. The van der Waals surface area contributed by atoms with Gasteiger partial charge in [-0.2, -0.15) is 0 Å². The second kappa shape index (κ2) is 9.57. The molecule has 6 nitrogen and oxygen atoms in total. The minimum absolute atomic E-state index is 0.0889. The Morgan fingerprint density at radius 1 is 1.11 bits per heavy atom. The number of aliphatic hydroxyl groups excluding tert-OH is 3. The van der Waals surface area contributed by atoms with Crippen molar-refractivity contribution in [3.8, 4) is 0 Å². The molecular formula is C31H43ClN2O4. The molecule has 0 radical (unpaired) electrons. The van der Waals surface area contributed by atoms with Crippen molar-refractivity contribution in [2.45, 2.75) is 96.9 Å². The van der Waals surface area contributed by atoms with Crippen LogP contribution in [0.25, 0.3) is 10.9 Å². The number of hydrogen-bond acceptors (Lipinski definition) is 5. The monoisotopic (exact) mass is 542 g/mol. The number of aliphatic hydroxyl groups is 3. The molecule has 0 aliphatic heterocycles. The van der Waals surface area contributed by atoms with Crippen molar-refractivity contribution in [1.29, 1.82) is 0 Å². The van der Waals surface area contributed by atoms with Crippen molar-refractivity contribution >= 4 is 22.5 Å². The zero-order valence-corrected chi connectivity index (χ0v) is 23.6. The molecule has 4 aliphatic carbocycles. The number of aryl methyl sites for hydroxylation is 1. The highest BCUT2D eigenvalue weighted by Gasteiger charge is 2.65. The highest BCUT2D eigenvalue weighted by atomic mass is 35.5. The lowest BCUT2D eigenvalue weighted by Gasteiger charge is -2.63. The molecule has 0 amide bonds. The van der Waals surface area contributed by atoms with Gasteiger partial charge in [0.25, 0.3) is 5.56 Å². The Morgan fingerprint density at radius 3 is 2.68 bits per heavy atom. The molecule has 4 fully saturated rings. The molecule has 2 aromatic rings. The molecule has 0 saturated heterocycles. The van der Waals surface area contributed by atoms with Crippen LogP contribution in [-0.2, 0) is 6.42 Å². The van der Waals surface area contributed by atoms with Crippen LogP contribution < -0.4 is 5.56 Å². The molecule has 7 heteroatoms. The minimum atomic E-state index is -0.390. The highest BCUT2D eigenvalue weighted by molar-refractivity contribution is 6.35. The fourth-order valence-electron chi connectivity index (χ4n) is 10.0. The van der Waals surface area contributed by atoms with Gasteiger partial charge in [-0.25, -0.2) is 4.98 Å². The maximum atomic E-state index is 12.7. The zero-order valence-electron chi connectivity index (χ0n) is 22.9. The predicted octanol–water partition coefficient (Wildman–Crippen LogP) is 5.11. The van der Waals surface area contributed by atoms with Crippen molar-refractivity contribution in [3.05, 3.63) is 39.4 Å². The summed E-state index contributed by atoms with van der Waals surface area (Å²) >= 11 is 6.22. The molecule has 1 heterocycles. The second-order valence-corrected chi connectivity index (χ2v) is 14.1. The van der Waals surface area contributed by atoms with Crippen LogP contribution >= 0.6 is 11.6 Å². The van der Waals surface area contributed by atoms with Gasteiger partial charge in [0, 0.05) is 6.42 Å². The van der Waals surface area contributed by atoms with Crippen LogP contribution in [-0.4, -0.2) is 43.6 Å². The van der Waals surface area contributed by atoms with E-state index in [4.69, 9.17) is 11.6 Å². The number of H-pyrrole nitrogens is 1. The summed E-state index contributed by atoms with van der Waals surface area (Å²) in [6, 6.07) is 5.36. The van der Waals surface area contributed by atoms with Crippen LogP contribution in [0.1, 0.15) is 78.0 Å². The Balaban J connectivity index is 1.21. The molecule has 1 unspecified atom stereocenters. The summed E-state index contributed by atoms with van der Waals surface area (Å²) in [6.07, 6.45) is 6.80. The number of halogens is 1. The van der Waals surface area contributed by atoms with E-state index in [0.717, 1.165) is 51.4 Å². The maximum absolute atomic E-state index is 12.7. The highest BCUT2D eigenvalue weighted by Crippen LogP contribution is 2.68. The molecule has 0 bridgehead atoms. The molecule has 1 aromatic heterocycles. The lowest BCUT2D eigenvalue weighted by atomic mass is 9.43. The van der Waals surface area contributed by atoms with Gasteiger partial charge in [0.1, 0.15) is 5.82 Å². The second-order valence-electron chi connectivity index (χ2n) is 13.7. The van der Waals surface area contributed by atoms with E-state index in [0.29, 0.717) is 57.8 Å². The average Bonchev–Trinajstić information content (AvgIpc) is 3.22. The van der Waals surface area contributed by atoms with Crippen LogP contribution in [0.2, 0.25) is 5.02 Å². The minimum Gasteiger partial charge on any atom is -0.393 e. The van der Waals surface area contributed by atoms with Gasteiger partial charge in [0.15, 0.2) is 0 Å². The van der Waals surface area contributed by atoms with Gasteiger partial charge < -0.3 is 20.3 Å². The van der Waals surface area contributed by atoms with E-state index >= 15 is 0 Å². The first-order chi connectivity index (χ1) is 18.0. The number of fused-ring (bicyclic) bond motifs is 6. The van der Waals surface area contributed by atoms with Crippen LogP contribution in [0.4, 0.5) is 0 Å². The summed E-state index contributed by atoms with van der Waals surface area (Å²) in [6.45, 7) is 6.95. The van der Waals surface area contributed by atoms with Crippen molar-refractivity contribution in [1.82, 2.24) is 9.97 Å². The summed E-state index contributed by atoms with van der Waals surface area (Å²) in [4.78, 5) is 20.3. The van der Waals surface area contributed by atoms with E-state index in [1.807, 2.05) is 12.1 Å². The number of aromatic amines is 1. The van der Waals surface area contributed by atoms with Gasteiger partial charge in [0.2, 0.25) is 0 Å². The van der Waals surface area contributed by atoms with E-state index in [1.165, 1.54) is 0 Å². The Morgan fingerprint density at radius 2 is 1.89 bits per heavy atom. The average molecular weight is 543 g/mol. The van der Waals surface area contributed by atoms with Crippen molar-refractivity contribution in [2.75, 3.05) is 0 Å². The Hall–Kier alpha value is -1.47. The summed E-state index contributed by atoms with van der Waals surface area (Å²) in [5.41, 5.74) is 0.291. The smallest absolute Gasteiger partial charge is 0.260 e. The predicted molar refractivity (Wildman–Crippen MR) is 149 cm³/mol. The largest absolute Gasteiger partial charge is 0.393 e. The molecular weight excluding hydrogens is 500 g/mol. The van der Waals surface area contributed by atoms with Crippen LogP contribution in [0.5, 0.6) is 0 Å². The third-order valence-electron chi connectivity index (χ3n) is 12.1. The van der Waals surface area contributed by atoms with E-state index in [9.17, 15) is 20.1 Å². The summed E-state index contributed by atoms with van der Waals surface area (Å²) in [5.74, 6) is 2.57. The van der Waals surface area contributed by atoms with Gasteiger partial charge in [0.05, 0.1) is 34.2 Å². The third-order valence-corrected chi connectivity index (χ3v) is 12.4. The van der Waals surface area contributed by atoms with Crippen LogP contribution in [0.15, 0.2) is 23.0 Å². The summed E-state index contributed by atoms with van der Waals surface area (Å²) in [5, 5.41) is 34.5. The number of nitrogens with one attached hydrogen (secondary N) is 1. The van der Waals surface area contributed by atoms with Gasteiger partial charge in [-0.05, 0) is 110 Å². The molecule has 1 aromatic carbocycles. The Bertz CT molecular complexity index is 1270.